The van der Waals surface area contributed by atoms with Crippen LogP contribution in [-0.2, 0) is 0 Å². The average molecular weight is 306 g/mol. The smallest absolute Gasteiger partial charge is 0.0298 e. The minimum atomic E-state index is 0.693. The Balaban J connectivity index is 4.51. The van der Waals surface area contributed by atoms with Gasteiger partial charge >= 0.3 is 0 Å². The van der Waals surface area contributed by atoms with Gasteiger partial charge in [-0.3, -0.25) is 4.99 Å². The van der Waals surface area contributed by atoms with Gasteiger partial charge in [0, 0.05) is 12.4 Å². The maximum atomic E-state index is 4.38. The molecule has 0 saturated carbocycles. The predicted octanol–water partition coefficient (Wildman–Crippen LogP) is 7.48. The number of hydrogen-bond donors (Lipinski definition) is 0. The standard InChI is InChI=1S/C21H39N/c1-5-9-11-13-15-18-20(17-14-12-10-6-2)21(16-7-3)19-22-8-4/h7-8,16,19-20H,5-6,9-15,17-18H2,1-4H3/b16-7-,21-19+,22-8-. The molecule has 0 aliphatic heterocycles. The van der Waals surface area contributed by atoms with E-state index in [0.717, 1.165) is 0 Å². The van der Waals surface area contributed by atoms with Crippen LogP contribution in [0.15, 0.2) is 28.9 Å². The monoisotopic (exact) mass is 305 g/mol. The van der Waals surface area contributed by atoms with Crippen molar-refractivity contribution in [2.45, 2.75) is 98.3 Å². The van der Waals surface area contributed by atoms with E-state index in [1.807, 2.05) is 13.1 Å². The Morgan fingerprint density at radius 3 is 1.86 bits per heavy atom. The number of allylic oxidation sites excluding steroid dienone is 3. The van der Waals surface area contributed by atoms with Crippen LogP contribution < -0.4 is 0 Å². The first kappa shape index (κ1) is 21.1. The largest absolute Gasteiger partial charge is 0.269 e. The molecule has 0 N–H and O–H groups in total. The zero-order chi connectivity index (χ0) is 16.5. The highest BCUT2D eigenvalue weighted by Gasteiger charge is 2.12. The Morgan fingerprint density at radius 1 is 0.818 bits per heavy atom. The minimum absolute atomic E-state index is 0.693. The molecule has 0 aromatic rings. The molecule has 1 nitrogen and oxygen atoms in total. The van der Waals surface area contributed by atoms with Crippen LogP contribution in [0.2, 0.25) is 0 Å². The van der Waals surface area contributed by atoms with Gasteiger partial charge in [-0.2, -0.15) is 0 Å². The Labute approximate surface area is 140 Å². The third-order valence-electron chi connectivity index (χ3n) is 4.27. The van der Waals surface area contributed by atoms with Crippen molar-refractivity contribution in [3.05, 3.63) is 23.9 Å². The number of rotatable bonds is 14. The number of nitrogens with zero attached hydrogens (tertiary/aromatic N) is 1. The van der Waals surface area contributed by atoms with Crippen molar-refractivity contribution >= 4 is 6.21 Å². The SMILES string of the molecule is C\C=C/C(=C\N=C/C)C(CCCCCC)CCCCCCC. The zero-order valence-corrected chi connectivity index (χ0v) is 15.6. The molecule has 22 heavy (non-hydrogen) atoms. The molecule has 0 bridgehead atoms. The normalized spacial score (nSPS) is 14.3. The van der Waals surface area contributed by atoms with E-state index in [0.29, 0.717) is 5.92 Å². The van der Waals surface area contributed by atoms with Gasteiger partial charge in [0.25, 0.3) is 0 Å². The fraction of sp³-hybridized carbons (Fsp3) is 0.762. The third kappa shape index (κ3) is 11.8. The molecule has 0 radical (unpaired) electrons. The molecule has 0 aliphatic rings. The van der Waals surface area contributed by atoms with Gasteiger partial charge in [-0.1, -0.05) is 83.8 Å². The maximum Gasteiger partial charge on any atom is 0.0298 e. The molecule has 0 spiro atoms. The summed E-state index contributed by atoms with van der Waals surface area (Å²) >= 11 is 0. The first-order valence-electron chi connectivity index (χ1n) is 9.60. The zero-order valence-electron chi connectivity index (χ0n) is 15.6. The van der Waals surface area contributed by atoms with E-state index < -0.39 is 0 Å². The summed E-state index contributed by atoms with van der Waals surface area (Å²) in [5.41, 5.74) is 1.42. The van der Waals surface area contributed by atoms with E-state index in [9.17, 15) is 0 Å². The van der Waals surface area contributed by atoms with Gasteiger partial charge in [-0.05, 0) is 38.2 Å². The molecule has 0 fully saturated rings. The molecule has 0 aliphatic carbocycles. The van der Waals surface area contributed by atoms with Gasteiger partial charge in [0.1, 0.15) is 0 Å². The highest BCUT2D eigenvalue weighted by atomic mass is 14.7. The van der Waals surface area contributed by atoms with Crippen molar-refractivity contribution in [2.75, 3.05) is 0 Å². The molecule has 128 valence electrons. The first-order valence-corrected chi connectivity index (χ1v) is 9.60. The molecular weight excluding hydrogens is 266 g/mol. The first-order chi connectivity index (χ1) is 10.8. The maximum absolute atomic E-state index is 4.38. The van der Waals surface area contributed by atoms with Crippen LogP contribution >= 0.6 is 0 Å². The van der Waals surface area contributed by atoms with Crippen LogP contribution in [0.25, 0.3) is 0 Å². The van der Waals surface area contributed by atoms with E-state index in [-0.39, 0.29) is 0 Å². The number of aliphatic imine (C=N–C) groups is 1. The second-order valence-corrected chi connectivity index (χ2v) is 6.29. The molecule has 0 heterocycles. The topological polar surface area (TPSA) is 12.4 Å². The summed E-state index contributed by atoms with van der Waals surface area (Å²) in [5, 5.41) is 0. The number of unbranched alkanes of at least 4 members (excludes halogenated alkanes) is 7. The van der Waals surface area contributed by atoms with Crippen molar-refractivity contribution in [3.8, 4) is 0 Å². The van der Waals surface area contributed by atoms with Gasteiger partial charge in [-0.15, -0.1) is 0 Å². The lowest BCUT2D eigenvalue weighted by Crippen LogP contribution is -2.04. The van der Waals surface area contributed by atoms with Crippen LogP contribution in [0, 0.1) is 5.92 Å². The van der Waals surface area contributed by atoms with E-state index in [1.54, 1.807) is 0 Å². The van der Waals surface area contributed by atoms with Crippen molar-refractivity contribution in [2.24, 2.45) is 10.9 Å². The van der Waals surface area contributed by atoms with Crippen LogP contribution in [0.4, 0.5) is 0 Å². The lowest BCUT2D eigenvalue weighted by molar-refractivity contribution is 0.458. The molecular formula is C21H39N. The van der Waals surface area contributed by atoms with Gasteiger partial charge in [0.2, 0.25) is 0 Å². The fourth-order valence-corrected chi connectivity index (χ4v) is 2.93. The van der Waals surface area contributed by atoms with Crippen molar-refractivity contribution in [1.29, 1.82) is 0 Å². The van der Waals surface area contributed by atoms with Gasteiger partial charge in [-0.25, -0.2) is 0 Å². The van der Waals surface area contributed by atoms with Crippen LogP contribution in [0.5, 0.6) is 0 Å². The summed E-state index contributed by atoms with van der Waals surface area (Å²) in [7, 11) is 0. The Kier molecular flexibility index (Phi) is 15.9. The van der Waals surface area contributed by atoms with E-state index >= 15 is 0 Å². The summed E-state index contributed by atoms with van der Waals surface area (Å²) in [6.45, 7) is 8.67. The molecule has 0 amide bonds. The molecule has 0 rings (SSSR count). The van der Waals surface area contributed by atoms with Crippen LogP contribution in [-0.4, -0.2) is 6.21 Å². The molecule has 0 aromatic carbocycles. The van der Waals surface area contributed by atoms with Gasteiger partial charge in [0.05, 0.1) is 0 Å². The fourth-order valence-electron chi connectivity index (χ4n) is 2.93. The lowest BCUT2D eigenvalue weighted by Gasteiger charge is -2.18. The lowest BCUT2D eigenvalue weighted by atomic mass is 9.88. The highest BCUT2D eigenvalue weighted by molar-refractivity contribution is 5.54. The molecule has 1 unspecified atom stereocenters. The van der Waals surface area contributed by atoms with E-state index in [1.165, 1.54) is 76.2 Å². The third-order valence-corrected chi connectivity index (χ3v) is 4.27. The van der Waals surface area contributed by atoms with Crippen molar-refractivity contribution in [1.82, 2.24) is 0 Å². The van der Waals surface area contributed by atoms with Crippen molar-refractivity contribution in [3.63, 3.8) is 0 Å². The minimum Gasteiger partial charge on any atom is -0.269 e. The van der Waals surface area contributed by atoms with Gasteiger partial charge < -0.3 is 0 Å². The molecule has 0 aromatic heterocycles. The summed E-state index contributed by atoms with van der Waals surface area (Å²) < 4.78 is 0. The average Bonchev–Trinajstić information content (AvgIpc) is 2.53. The predicted molar refractivity (Wildman–Crippen MR) is 103 cm³/mol. The molecule has 1 heteroatoms. The number of hydrogen-bond acceptors (Lipinski definition) is 1. The van der Waals surface area contributed by atoms with Crippen molar-refractivity contribution < 1.29 is 0 Å². The summed E-state index contributed by atoms with van der Waals surface area (Å²) in [6, 6.07) is 0. The van der Waals surface area contributed by atoms with Crippen LogP contribution in [0.1, 0.15) is 98.3 Å². The second kappa shape index (κ2) is 16.5. The quantitative estimate of drug-likeness (QED) is 0.179. The highest BCUT2D eigenvalue weighted by Crippen LogP contribution is 2.26. The summed E-state index contributed by atoms with van der Waals surface area (Å²) in [5.74, 6) is 0.693. The molecule has 1 atom stereocenters. The van der Waals surface area contributed by atoms with E-state index in [2.05, 4.69) is 44.1 Å². The summed E-state index contributed by atoms with van der Waals surface area (Å²) in [6.07, 6.45) is 23.3. The molecule has 0 saturated heterocycles. The van der Waals surface area contributed by atoms with E-state index in [4.69, 9.17) is 0 Å². The van der Waals surface area contributed by atoms with Gasteiger partial charge in [0.15, 0.2) is 0 Å². The Bertz CT molecular complexity index is 312. The Hall–Kier alpha value is -0.850. The second-order valence-electron chi connectivity index (χ2n) is 6.29. The Morgan fingerprint density at radius 2 is 1.36 bits per heavy atom. The van der Waals surface area contributed by atoms with Crippen LogP contribution in [0.3, 0.4) is 0 Å². The summed E-state index contributed by atoms with van der Waals surface area (Å²) in [4.78, 5) is 4.38.